The van der Waals surface area contributed by atoms with E-state index >= 15 is 0 Å². The van der Waals surface area contributed by atoms with E-state index < -0.39 is 33.9 Å². The second-order valence-electron chi connectivity index (χ2n) is 12.4. The van der Waals surface area contributed by atoms with Gasteiger partial charge in [0.1, 0.15) is 0 Å². The number of hydrogen-bond donors (Lipinski definition) is 2. The third-order valence-electron chi connectivity index (χ3n) is 8.47. The molecular weight excluding hydrogens is 660 g/mol. The number of benzene rings is 2. The molecule has 0 aliphatic carbocycles. The SMILES string of the molecule is COc1cc2c(cc1OCCCOc1cc3c(cc1OC)CN(C(=O)CC(C)C(=O)NS(=O)(=O)N(C)C)C3)CN(C(=O)CC(C)C(=O)O)C2. The van der Waals surface area contributed by atoms with Crippen molar-refractivity contribution in [3.05, 3.63) is 46.5 Å². The molecule has 3 amide bonds. The van der Waals surface area contributed by atoms with Crippen molar-refractivity contribution in [2.45, 2.75) is 59.3 Å². The smallest absolute Gasteiger partial charge is 0.306 e. The Labute approximate surface area is 286 Å². The van der Waals surface area contributed by atoms with Gasteiger partial charge in [0.15, 0.2) is 23.0 Å². The molecule has 4 rings (SSSR count). The zero-order valence-electron chi connectivity index (χ0n) is 28.6. The highest BCUT2D eigenvalue weighted by atomic mass is 32.2. The summed E-state index contributed by atoms with van der Waals surface area (Å²) in [6.07, 6.45) is 0.301. The molecule has 2 atom stereocenters. The summed E-state index contributed by atoms with van der Waals surface area (Å²) in [6.45, 7) is 4.99. The molecule has 0 fully saturated rings. The predicted octanol–water partition coefficient (Wildman–Crippen LogP) is 2.30. The third-order valence-corrected chi connectivity index (χ3v) is 9.89. The van der Waals surface area contributed by atoms with Crippen molar-refractivity contribution in [2.24, 2.45) is 11.8 Å². The Morgan fingerprint density at radius 1 is 0.755 bits per heavy atom. The van der Waals surface area contributed by atoms with Gasteiger partial charge in [-0.25, -0.2) is 4.72 Å². The molecule has 2 aliphatic rings. The number of carbonyl (C=O) groups excluding carboxylic acids is 3. The summed E-state index contributed by atoms with van der Waals surface area (Å²) in [7, 11) is 1.71. The molecule has 0 saturated heterocycles. The summed E-state index contributed by atoms with van der Waals surface area (Å²) in [5.74, 6) is -1.80. The Morgan fingerprint density at radius 3 is 1.51 bits per heavy atom. The van der Waals surface area contributed by atoms with Gasteiger partial charge in [-0.15, -0.1) is 0 Å². The van der Waals surface area contributed by atoms with Crippen LogP contribution in [0.25, 0.3) is 0 Å². The van der Waals surface area contributed by atoms with Gasteiger partial charge in [-0.05, 0) is 46.5 Å². The number of carbonyl (C=O) groups is 4. The molecule has 2 N–H and O–H groups in total. The van der Waals surface area contributed by atoms with E-state index in [4.69, 9.17) is 24.1 Å². The Balaban J connectivity index is 1.28. The van der Waals surface area contributed by atoms with Crippen molar-refractivity contribution >= 4 is 33.9 Å². The maximum atomic E-state index is 13.0. The van der Waals surface area contributed by atoms with Crippen molar-refractivity contribution in [2.75, 3.05) is 41.5 Å². The minimum atomic E-state index is -3.95. The molecule has 2 heterocycles. The van der Waals surface area contributed by atoms with E-state index in [0.29, 0.717) is 68.8 Å². The topological polar surface area (TPSA) is 181 Å². The van der Waals surface area contributed by atoms with E-state index in [9.17, 15) is 27.6 Å². The zero-order chi connectivity index (χ0) is 36.0. The van der Waals surface area contributed by atoms with Crippen LogP contribution in [-0.4, -0.2) is 92.8 Å². The number of fused-ring (bicyclic) bond motifs is 2. The number of nitrogens with zero attached hydrogens (tertiary/aromatic N) is 3. The van der Waals surface area contributed by atoms with E-state index in [-0.39, 0.29) is 24.7 Å². The Kier molecular flexibility index (Phi) is 12.0. The second-order valence-corrected chi connectivity index (χ2v) is 14.3. The number of ether oxygens (including phenoxy) is 4. The number of nitrogens with one attached hydrogen (secondary N) is 1. The van der Waals surface area contributed by atoms with Gasteiger partial charge in [0.2, 0.25) is 17.7 Å². The van der Waals surface area contributed by atoms with Gasteiger partial charge in [0, 0.05) is 65.5 Å². The highest BCUT2D eigenvalue weighted by molar-refractivity contribution is 7.87. The standard InChI is InChI=1S/C33H44N4O11S/c1-20(32(40)34-49(43,44)35(3)4)10-30(38)36-16-22-12-26(45-5)28(14-24(22)18-36)47-8-7-9-48-29-15-25-19-37(17-23(25)13-27(29)46-6)31(39)11-21(2)33(41)42/h12-15,20-21H,7-11,16-19H2,1-6H3,(H,34,40)(H,41,42). The molecule has 2 aromatic carbocycles. The highest BCUT2D eigenvalue weighted by Crippen LogP contribution is 2.37. The molecule has 16 heteroatoms. The van der Waals surface area contributed by atoms with Gasteiger partial charge < -0.3 is 33.9 Å². The number of aliphatic carboxylic acids is 1. The van der Waals surface area contributed by atoms with Crippen LogP contribution in [0.3, 0.4) is 0 Å². The van der Waals surface area contributed by atoms with Crippen LogP contribution in [-0.2, 0) is 55.6 Å². The average molecular weight is 705 g/mol. The lowest BCUT2D eigenvalue weighted by Gasteiger charge is -2.19. The number of carboxylic acid groups (broad SMARTS) is 1. The summed E-state index contributed by atoms with van der Waals surface area (Å²) in [6, 6.07) is 7.33. The fraction of sp³-hybridized carbons (Fsp3) is 0.515. The van der Waals surface area contributed by atoms with Crippen LogP contribution in [0.4, 0.5) is 0 Å². The average Bonchev–Trinajstić information content (AvgIpc) is 3.67. The number of amides is 3. The monoisotopic (exact) mass is 704 g/mol. The highest BCUT2D eigenvalue weighted by Gasteiger charge is 2.30. The fourth-order valence-electron chi connectivity index (χ4n) is 5.41. The first-order chi connectivity index (χ1) is 23.1. The van der Waals surface area contributed by atoms with Crippen molar-refractivity contribution in [1.82, 2.24) is 18.8 Å². The minimum Gasteiger partial charge on any atom is -0.493 e. The molecule has 0 radical (unpaired) electrons. The number of rotatable bonds is 16. The lowest BCUT2D eigenvalue weighted by Crippen LogP contribution is -2.42. The molecule has 0 saturated carbocycles. The summed E-state index contributed by atoms with van der Waals surface area (Å²) >= 11 is 0. The molecule has 15 nitrogen and oxygen atoms in total. The van der Waals surface area contributed by atoms with Crippen LogP contribution in [0.1, 0.15) is 55.4 Å². The van der Waals surface area contributed by atoms with Gasteiger partial charge in [0.05, 0.1) is 33.4 Å². The molecule has 268 valence electrons. The van der Waals surface area contributed by atoms with E-state index in [0.717, 1.165) is 26.6 Å². The second kappa shape index (κ2) is 15.8. The van der Waals surface area contributed by atoms with Crippen LogP contribution in [0.5, 0.6) is 23.0 Å². The van der Waals surface area contributed by atoms with E-state index in [1.807, 2.05) is 29.0 Å². The first kappa shape index (κ1) is 37.3. The molecule has 49 heavy (non-hydrogen) atoms. The van der Waals surface area contributed by atoms with E-state index in [1.54, 1.807) is 9.80 Å². The van der Waals surface area contributed by atoms with Crippen molar-refractivity contribution in [3.8, 4) is 23.0 Å². The Hall–Kier alpha value is -4.57. The lowest BCUT2D eigenvalue weighted by molar-refractivity contribution is -0.145. The largest absolute Gasteiger partial charge is 0.493 e. The normalized spacial score (nSPS) is 14.9. The zero-order valence-corrected chi connectivity index (χ0v) is 29.4. The molecular formula is C33H44N4O11S. The van der Waals surface area contributed by atoms with Crippen LogP contribution in [0.2, 0.25) is 0 Å². The van der Waals surface area contributed by atoms with Crippen molar-refractivity contribution in [3.63, 3.8) is 0 Å². The summed E-state index contributed by atoms with van der Waals surface area (Å²) in [5.41, 5.74) is 3.59. The van der Waals surface area contributed by atoms with Crippen LogP contribution in [0, 0.1) is 11.8 Å². The predicted molar refractivity (Wildman–Crippen MR) is 176 cm³/mol. The van der Waals surface area contributed by atoms with Crippen molar-refractivity contribution in [1.29, 1.82) is 0 Å². The van der Waals surface area contributed by atoms with Gasteiger partial charge in [-0.1, -0.05) is 13.8 Å². The van der Waals surface area contributed by atoms with E-state index in [2.05, 4.69) is 0 Å². The van der Waals surface area contributed by atoms with Gasteiger partial charge in [-0.2, -0.15) is 12.7 Å². The summed E-state index contributed by atoms with van der Waals surface area (Å²) < 4.78 is 49.9. The number of hydrogen-bond acceptors (Lipinski definition) is 10. The van der Waals surface area contributed by atoms with Gasteiger partial charge in [0.25, 0.3) is 0 Å². The lowest BCUT2D eigenvalue weighted by atomic mass is 10.1. The molecule has 0 aromatic heterocycles. The van der Waals surface area contributed by atoms with Crippen LogP contribution >= 0.6 is 0 Å². The van der Waals surface area contributed by atoms with Gasteiger partial charge in [-0.3, -0.25) is 19.2 Å². The maximum absolute atomic E-state index is 13.0. The molecule has 2 aromatic rings. The number of methoxy groups -OCH3 is 2. The third kappa shape index (κ3) is 9.12. The first-order valence-corrected chi connectivity index (χ1v) is 17.2. The molecule has 0 bridgehead atoms. The molecule has 2 aliphatic heterocycles. The van der Waals surface area contributed by atoms with Gasteiger partial charge >= 0.3 is 16.2 Å². The van der Waals surface area contributed by atoms with Crippen LogP contribution in [0.15, 0.2) is 24.3 Å². The Morgan fingerprint density at radius 2 is 1.14 bits per heavy atom. The fourth-order valence-corrected chi connectivity index (χ4v) is 6.05. The minimum absolute atomic E-state index is 0.0675. The number of carboxylic acids is 1. The summed E-state index contributed by atoms with van der Waals surface area (Å²) in [5, 5.41) is 9.15. The summed E-state index contributed by atoms with van der Waals surface area (Å²) in [4.78, 5) is 52.4. The maximum Gasteiger partial charge on any atom is 0.306 e. The molecule has 2 unspecified atom stereocenters. The van der Waals surface area contributed by atoms with Crippen LogP contribution < -0.4 is 23.7 Å². The quantitative estimate of drug-likeness (QED) is 0.245. The Bertz CT molecular complexity index is 1700. The van der Waals surface area contributed by atoms with E-state index in [1.165, 1.54) is 42.2 Å². The van der Waals surface area contributed by atoms with Crippen molar-refractivity contribution < 1.29 is 51.6 Å². The first-order valence-electron chi connectivity index (χ1n) is 15.8. The molecule has 0 spiro atoms.